The standard InChI is InChI=1S/C16H21BrN4O2/c1-13(10-21-11-14(17)9-18-21)16(22)20-6-4-19(5-7-20)12-15-3-2-8-23-15/h2-3,8-9,11,13H,4-7,10,12H2,1H3. The number of piperazine rings is 1. The highest BCUT2D eigenvalue weighted by molar-refractivity contribution is 9.10. The summed E-state index contributed by atoms with van der Waals surface area (Å²) < 4.78 is 8.12. The van der Waals surface area contributed by atoms with Gasteiger partial charge in [-0.2, -0.15) is 5.10 Å². The van der Waals surface area contributed by atoms with Gasteiger partial charge in [-0.15, -0.1) is 0 Å². The van der Waals surface area contributed by atoms with Crippen LogP contribution in [0.15, 0.2) is 39.7 Å². The average molecular weight is 381 g/mol. The Kier molecular flexibility index (Phi) is 5.17. The van der Waals surface area contributed by atoms with Crippen molar-refractivity contribution < 1.29 is 9.21 Å². The van der Waals surface area contributed by atoms with Gasteiger partial charge < -0.3 is 9.32 Å². The minimum absolute atomic E-state index is 0.0709. The smallest absolute Gasteiger partial charge is 0.227 e. The van der Waals surface area contributed by atoms with E-state index in [0.717, 1.165) is 43.0 Å². The molecule has 6 nitrogen and oxygen atoms in total. The summed E-state index contributed by atoms with van der Waals surface area (Å²) in [6, 6.07) is 3.90. The van der Waals surface area contributed by atoms with Crippen molar-refractivity contribution in [1.82, 2.24) is 19.6 Å². The van der Waals surface area contributed by atoms with Crippen LogP contribution in [0.3, 0.4) is 0 Å². The van der Waals surface area contributed by atoms with E-state index in [-0.39, 0.29) is 11.8 Å². The third kappa shape index (κ3) is 4.23. The monoisotopic (exact) mass is 380 g/mol. The van der Waals surface area contributed by atoms with Crippen molar-refractivity contribution in [3.8, 4) is 0 Å². The molecule has 0 aliphatic carbocycles. The number of rotatable bonds is 5. The molecule has 23 heavy (non-hydrogen) atoms. The predicted molar refractivity (Wildman–Crippen MR) is 89.7 cm³/mol. The van der Waals surface area contributed by atoms with Gasteiger partial charge in [-0.1, -0.05) is 6.92 Å². The summed E-state index contributed by atoms with van der Waals surface area (Å²) in [4.78, 5) is 16.8. The van der Waals surface area contributed by atoms with Crippen LogP contribution < -0.4 is 0 Å². The van der Waals surface area contributed by atoms with Gasteiger partial charge in [0, 0.05) is 32.4 Å². The molecular formula is C16H21BrN4O2. The molecule has 124 valence electrons. The van der Waals surface area contributed by atoms with E-state index in [1.165, 1.54) is 0 Å². The van der Waals surface area contributed by atoms with Gasteiger partial charge in [-0.05, 0) is 28.1 Å². The highest BCUT2D eigenvalue weighted by Crippen LogP contribution is 2.13. The van der Waals surface area contributed by atoms with Crippen LogP contribution in [0, 0.1) is 5.92 Å². The molecule has 0 N–H and O–H groups in total. The molecule has 1 aliphatic rings. The molecule has 0 bridgehead atoms. The van der Waals surface area contributed by atoms with Crippen LogP contribution in [0.1, 0.15) is 12.7 Å². The summed E-state index contributed by atoms with van der Waals surface area (Å²) in [5.41, 5.74) is 0. The molecule has 1 unspecified atom stereocenters. The summed E-state index contributed by atoms with van der Waals surface area (Å²) in [7, 11) is 0. The van der Waals surface area contributed by atoms with Crippen LogP contribution >= 0.6 is 15.9 Å². The van der Waals surface area contributed by atoms with Crippen LogP contribution in [-0.2, 0) is 17.9 Å². The minimum atomic E-state index is -0.0709. The third-order valence-corrected chi connectivity index (χ3v) is 4.54. The van der Waals surface area contributed by atoms with Gasteiger partial charge in [0.05, 0.1) is 35.9 Å². The molecule has 2 aromatic rings. The van der Waals surface area contributed by atoms with Crippen molar-refractivity contribution >= 4 is 21.8 Å². The number of furan rings is 1. The van der Waals surface area contributed by atoms with E-state index in [1.54, 1.807) is 17.1 Å². The van der Waals surface area contributed by atoms with E-state index in [4.69, 9.17) is 4.42 Å². The first-order chi connectivity index (χ1) is 11.1. The Hall–Kier alpha value is -1.60. The lowest BCUT2D eigenvalue weighted by molar-refractivity contribution is -0.137. The van der Waals surface area contributed by atoms with Crippen molar-refractivity contribution in [2.75, 3.05) is 26.2 Å². The first-order valence-electron chi connectivity index (χ1n) is 7.83. The van der Waals surface area contributed by atoms with Crippen molar-refractivity contribution in [2.24, 2.45) is 5.92 Å². The highest BCUT2D eigenvalue weighted by atomic mass is 79.9. The number of hydrogen-bond acceptors (Lipinski definition) is 4. The Balaban J connectivity index is 1.47. The normalized spacial score (nSPS) is 17.4. The SMILES string of the molecule is CC(Cn1cc(Br)cn1)C(=O)N1CCN(Cc2ccco2)CC1. The molecule has 0 spiro atoms. The van der Waals surface area contributed by atoms with Gasteiger partial charge in [0.2, 0.25) is 5.91 Å². The van der Waals surface area contributed by atoms with Gasteiger partial charge in [0.1, 0.15) is 5.76 Å². The molecule has 3 rings (SSSR count). The van der Waals surface area contributed by atoms with Crippen LogP contribution in [0.5, 0.6) is 0 Å². The van der Waals surface area contributed by atoms with Crippen molar-refractivity contribution in [3.63, 3.8) is 0 Å². The van der Waals surface area contributed by atoms with Crippen molar-refractivity contribution in [1.29, 1.82) is 0 Å². The topological polar surface area (TPSA) is 54.5 Å². The number of halogens is 1. The molecule has 1 amide bonds. The molecule has 3 heterocycles. The molecule has 1 aliphatic heterocycles. The van der Waals surface area contributed by atoms with E-state index in [2.05, 4.69) is 25.9 Å². The molecule has 0 aromatic carbocycles. The van der Waals surface area contributed by atoms with E-state index in [9.17, 15) is 4.79 Å². The summed E-state index contributed by atoms with van der Waals surface area (Å²) in [6.07, 6.45) is 5.33. The van der Waals surface area contributed by atoms with Crippen LogP contribution in [0.2, 0.25) is 0 Å². The number of aromatic nitrogens is 2. The first-order valence-corrected chi connectivity index (χ1v) is 8.62. The second kappa shape index (κ2) is 7.31. The Morgan fingerprint density at radius 2 is 2.17 bits per heavy atom. The number of amides is 1. The maximum atomic E-state index is 12.6. The molecular weight excluding hydrogens is 360 g/mol. The number of nitrogens with zero attached hydrogens (tertiary/aromatic N) is 4. The average Bonchev–Trinajstić information content (AvgIpc) is 3.19. The number of carbonyl (C=O) groups is 1. The molecule has 2 aromatic heterocycles. The van der Waals surface area contributed by atoms with Crippen LogP contribution in [-0.4, -0.2) is 51.7 Å². The minimum Gasteiger partial charge on any atom is -0.468 e. The largest absolute Gasteiger partial charge is 0.468 e. The fourth-order valence-corrected chi connectivity index (χ4v) is 3.19. The zero-order valence-electron chi connectivity index (χ0n) is 13.2. The van der Waals surface area contributed by atoms with Crippen molar-refractivity contribution in [3.05, 3.63) is 41.0 Å². The Morgan fingerprint density at radius 3 is 2.78 bits per heavy atom. The van der Waals surface area contributed by atoms with Gasteiger partial charge in [0.25, 0.3) is 0 Å². The quantitative estimate of drug-likeness (QED) is 0.797. The summed E-state index contributed by atoms with van der Waals surface area (Å²) >= 11 is 3.37. The van der Waals surface area contributed by atoms with E-state index >= 15 is 0 Å². The van der Waals surface area contributed by atoms with Crippen molar-refractivity contribution in [2.45, 2.75) is 20.0 Å². The Morgan fingerprint density at radius 1 is 1.39 bits per heavy atom. The summed E-state index contributed by atoms with van der Waals surface area (Å²) in [5.74, 6) is 1.11. The predicted octanol–water partition coefficient (Wildman–Crippen LogP) is 2.22. The fourth-order valence-electron chi connectivity index (χ4n) is 2.86. The first kappa shape index (κ1) is 16.3. The van der Waals surface area contributed by atoms with Gasteiger partial charge in [-0.25, -0.2) is 0 Å². The molecule has 7 heteroatoms. The lowest BCUT2D eigenvalue weighted by Gasteiger charge is -2.35. The zero-order valence-corrected chi connectivity index (χ0v) is 14.8. The zero-order chi connectivity index (χ0) is 16.2. The second-order valence-electron chi connectivity index (χ2n) is 5.96. The second-order valence-corrected chi connectivity index (χ2v) is 6.88. The third-order valence-electron chi connectivity index (χ3n) is 4.13. The van der Waals surface area contributed by atoms with Gasteiger partial charge in [-0.3, -0.25) is 14.4 Å². The Bertz CT molecular complexity index is 632. The van der Waals surface area contributed by atoms with E-state index < -0.39 is 0 Å². The van der Waals surface area contributed by atoms with E-state index in [1.807, 2.05) is 30.2 Å². The molecule has 1 atom stereocenters. The maximum absolute atomic E-state index is 12.6. The van der Waals surface area contributed by atoms with Crippen LogP contribution in [0.4, 0.5) is 0 Å². The fraction of sp³-hybridized carbons (Fsp3) is 0.500. The van der Waals surface area contributed by atoms with Crippen LogP contribution in [0.25, 0.3) is 0 Å². The van der Waals surface area contributed by atoms with Gasteiger partial charge >= 0.3 is 0 Å². The summed E-state index contributed by atoms with van der Waals surface area (Å²) in [5, 5.41) is 4.22. The van der Waals surface area contributed by atoms with E-state index in [0.29, 0.717) is 6.54 Å². The number of carbonyl (C=O) groups excluding carboxylic acids is 1. The molecule has 1 saturated heterocycles. The molecule has 0 radical (unpaired) electrons. The summed E-state index contributed by atoms with van der Waals surface area (Å²) in [6.45, 7) is 6.69. The Labute approximate surface area is 144 Å². The molecule has 0 saturated carbocycles. The maximum Gasteiger partial charge on any atom is 0.227 e. The molecule has 1 fully saturated rings. The number of hydrogen-bond donors (Lipinski definition) is 0. The lowest BCUT2D eigenvalue weighted by Crippen LogP contribution is -2.50. The highest BCUT2D eigenvalue weighted by Gasteiger charge is 2.25. The van der Waals surface area contributed by atoms with Gasteiger partial charge in [0.15, 0.2) is 0 Å². The lowest BCUT2D eigenvalue weighted by atomic mass is 10.1.